The van der Waals surface area contributed by atoms with Crippen molar-refractivity contribution in [3.63, 3.8) is 0 Å². The summed E-state index contributed by atoms with van der Waals surface area (Å²) in [5, 5.41) is 0. The minimum Gasteiger partial charge on any atom is -0.364 e. The van der Waals surface area contributed by atoms with E-state index in [-0.39, 0.29) is 24.0 Å². The average molecular weight is 326 g/mol. The number of allylic oxidation sites excluding steroid dienone is 4. The molecule has 2 atom stereocenters. The Bertz CT molecular complexity index is 705. The highest BCUT2D eigenvalue weighted by Gasteiger charge is 2.29. The summed E-state index contributed by atoms with van der Waals surface area (Å²) in [7, 11) is 0. The van der Waals surface area contributed by atoms with E-state index in [4.69, 9.17) is 4.74 Å². The quantitative estimate of drug-likeness (QED) is 0.635. The molecule has 0 aromatic heterocycles. The van der Waals surface area contributed by atoms with Crippen LogP contribution < -0.4 is 0 Å². The van der Waals surface area contributed by atoms with E-state index < -0.39 is 0 Å². The molecule has 0 N–H and O–H groups in total. The Labute approximate surface area is 149 Å². The van der Waals surface area contributed by atoms with Crippen LogP contribution in [-0.2, 0) is 4.74 Å². The summed E-state index contributed by atoms with van der Waals surface area (Å²) in [6, 6.07) is 21.1. The zero-order valence-electron chi connectivity index (χ0n) is 14.1. The zero-order valence-corrected chi connectivity index (χ0v) is 14.1. The van der Waals surface area contributed by atoms with E-state index in [1.807, 2.05) is 0 Å². The number of benzene rings is 2. The molecule has 2 unspecified atom stereocenters. The molecule has 0 amide bonds. The van der Waals surface area contributed by atoms with Gasteiger partial charge in [0.05, 0.1) is 12.2 Å². The molecule has 4 rings (SSSR count). The van der Waals surface area contributed by atoms with Gasteiger partial charge in [-0.1, -0.05) is 109 Å². The number of hydrogen-bond donors (Lipinski definition) is 0. The smallest absolute Gasteiger partial charge is 0.0931 e. The lowest BCUT2D eigenvalue weighted by atomic mass is 9.93. The van der Waals surface area contributed by atoms with E-state index in [0.29, 0.717) is 0 Å². The zero-order chi connectivity index (χ0) is 16.9. The van der Waals surface area contributed by atoms with Crippen LogP contribution in [0.25, 0.3) is 0 Å². The third-order valence-corrected chi connectivity index (χ3v) is 4.80. The molecule has 0 radical (unpaired) electrons. The summed E-state index contributed by atoms with van der Waals surface area (Å²) >= 11 is 0. The Kier molecular flexibility index (Phi) is 4.76. The van der Waals surface area contributed by atoms with E-state index >= 15 is 0 Å². The molecule has 0 heterocycles. The Balaban J connectivity index is 1.68. The van der Waals surface area contributed by atoms with E-state index in [9.17, 15) is 0 Å². The summed E-state index contributed by atoms with van der Waals surface area (Å²) in [6.45, 7) is 0. The van der Waals surface area contributed by atoms with Crippen LogP contribution in [0.15, 0.2) is 109 Å². The lowest BCUT2D eigenvalue weighted by molar-refractivity contribution is -0.0403. The first-order valence-electron chi connectivity index (χ1n) is 8.87. The first-order chi connectivity index (χ1) is 12.4. The lowest BCUT2D eigenvalue weighted by Crippen LogP contribution is -2.20. The molecule has 25 heavy (non-hydrogen) atoms. The maximum Gasteiger partial charge on any atom is 0.0931 e. The van der Waals surface area contributed by atoms with Gasteiger partial charge in [0.2, 0.25) is 0 Å². The predicted molar refractivity (Wildman–Crippen MR) is 103 cm³/mol. The van der Waals surface area contributed by atoms with Crippen LogP contribution in [0.1, 0.15) is 23.3 Å². The van der Waals surface area contributed by atoms with Crippen molar-refractivity contribution in [2.75, 3.05) is 0 Å². The highest BCUT2D eigenvalue weighted by Crippen LogP contribution is 2.39. The molecule has 0 aliphatic heterocycles. The summed E-state index contributed by atoms with van der Waals surface area (Å²) in [4.78, 5) is 0. The molecule has 0 saturated carbocycles. The normalized spacial score (nSPS) is 18.9. The van der Waals surface area contributed by atoms with E-state index in [1.165, 1.54) is 11.1 Å². The summed E-state index contributed by atoms with van der Waals surface area (Å²) in [5.41, 5.74) is 2.44. The van der Waals surface area contributed by atoms with Gasteiger partial charge in [0.25, 0.3) is 0 Å². The van der Waals surface area contributed by atoms with Crippen LogP contribution in [0.5, 0.6) is 0 Å². The molecule has 0 bridgehead atoms. The summed E-state index contributed by atoms with van der Waals surface area (Å²) in [5.74, 6) is 0.533. The van der Waals surface area contributed by atoms with Crippen molar-refractivity contribution >= 4 is 0 Å². The van der Waals surface area contributed by atoms with Crippen LogP contribution >= 0.6 is 0 Å². The van der Waals surface area contributed by atoms with E-state index in [2.05, 4.69) is 109 Å². The van der Waals surface area contributed by atoms with Crippen LogP contribution in [0.4, 0.5) is 0 Å². The first-order valence-corrected chi connectivity index (χ1v) is 8.87. The van der Waals surface area contributed by atoms with Crippen LogP contribution in [0.3, 0.4) is 0 Å². The molecule has 2 aliphatic carbocycles. The van der Waals surface area contributed by atoms with Gasteiger partial charge in [-0.05, 0) is 11.1 Å². The Hall–Kier alpha value is -2.64. The highest BCUT2D eigenvalue weighted by atomic mass is 16.5. The van der Waals surface area contributed by atoms with Crippen LogP contribution in [-0.4, -0.2) is 0 Å². The molecule has 0 saturated heterocycles. The van der Waals surface area contributed by atoms with Crippen LogP contribution in [0, 0.1) is 11.8 Å². The Morgan fingerprint density at radius 2 is 0.880 bits per heavy atom. The minimum absolute atomic E-state index is 0.00352. The fraction of sp³-hybridized carbons (Fsp3) is 0.167. The first kappa shape index (κ1) is 15.9. The van der Waals surface area contributed by atoms with Gasteiger partial charge in [0.15, 0.2) is 0 Å². The Morgan fingerprint density at radius 3 is 1.24 bits per heavy atom. The maximum atomic E-state index is 6.79. The standard InChI is InChI=1S/C24H22O/c1-3-11-19(12-4-1)23(21-15-7-8-16-21)25-24(22-17-9-10-18-22)20-13-5-2-6-14-20/h1-18,21-24H. The van der Waals surface area contributed by atoms with Crippen molar-refractivity contribution in [1.29, 1.82) is 0 Å². The second-order valence-electron chi connectivity index (χ2n) is 6.49. The molecule has 0 spiro atoms. The van der Waals surface area contributed by atoms with Gasteiger partial charge in [-0.15, -0.1) is 0 Å². The molecule has 124 valence electrons. The van der Waals surface area contributed by atoms with Crippen molar-refractivity contribution in [1.82, 2.24) is 0 Å². The molecule has 2 aliphatic rings. The topological polar surface area (TPSA) is 9.23 Å². The third-order valence-electron chi connectivity index (χ3n) is 4.80. The maximum absolute atomic E-state index is 6.79. The van der Waals surface area contributed by atoms with Gasteiger partial charge in [0, 0.05) is 11.8 Å². The monoisotopic (exact) mass is 326 g/mol. The molecule has 2 aromatic carbocycles. The fourth-order valence-corrected chi connectivity index (χ4v) is 3.53. The Morgan fingerprint density at radius 1 is 0.520 bits per heavy atom. The van der Waals surface area contributed by atoms with Crippen LogP contribution in [0.2, 0.25) is 0 Å². The van der Waals surface area contributed by atoms with Crippen molar-refractivity contribution in [3.05, 3.63) is 120 Å². The highest BCUT2D eigenvalue weighted by molar-refractivity contribution is 5.29. The third kappa shape index (κ3) is 3.57. The van der Waals surface area contributed by atoms with Gasteiger partial charge in [-0.3, -0.25) is 0 Å². The second-order valence-corrected chi connectivity index (χ2v) is 6.49. The molecule has 1 nitrogen and oxygen atoms in total. The molecule has 1 heteroatoms. The minimum atomic E-state index is 0.00352. The summed E-state index contributed by atoms with van der Waals surface area (Å²) < 4.78 is 6.79. The molecular weight excluding hydrogens is 304 g/mol. The summed E-state index contributed by atoms with van der Waals surface area (Å²) in [6.07, 6.45) is 17.3. The van der Waals surface area contributed by atoms with Gasteiger partial charge in [0.1, 0.15) is 0 Å². The van der Waals surface area contributed by atoms with Crippen molar-refractivity contribution in [2.24, 2.45) is 11.8 Å². The lowest BCUT2D eigenvalue weighted by Gasteiger charge is -2.30. The SMILES string of the molecule is C1=CC(C(OC(c2ccccc2)C2C=CC=C2)c2ccccc2)C=C1. The number of hydrogen-bond acceptors (Lipinski definition) is 1. The molecule has 2 aromatic rings. The van der Waals surface area contributed by atoms with Gasteiger partial charge in [-0.25, -0.2) is 0 Å². The molecular formula is C24H22O. The molecule has 0 fully saturated rings. The van der Waals surface area contributed by atoms with E-state index in [1.54, 1.807) is 0 Å². The average Bonchev–Trinajstić information content (AvgIpc) is 3.38. The van der Waals surface area contributed by atoms with Crippen molar-refractivity contribution < 1.29 is 4.74 Å². The van der Waals surface area contributed by atoms with Gasteiger partial charge in [-0.2, -0.15) is 0 Å². The number of rotatable bonds is 6. The largest absolute Gasteiger partial charge is 0.364 e. The second kappa shape index (κ2) is 7.50. The predicted octanol–water partition coefficient (Wildman–Crippen LogP) is 5.97. The van der Waals surface area contributed by atoms with E-state index in [0.717, 1.165) is 0 Å². The number of ether oxygens (including phenoxy) is 1. The van der Waals surface area contributed by atoms with Gasteiger partial charge >= 0.3 is 0 Å². The van der Waals surface area contributed by atoms with Gasteiger partial charge < -0.3 is 4.74 Å². The fourth-order valence-electron chi connectivity index (χ4n) is 3.53. The van der Waals surface area contributed by atoms with Crippen molar-refractivity contribution in [3.8, 4) is 0 Å². The van der Waals surface area contributed by atoms with Crippen molar-refractivity contribution in [2.45, 2.75) is 12.2 Å².